The predicted octanol–water partition coefficient (Wildman–Crippen LogP) is 4.05. The van der Waals surface area contributed by atoms with E-state index in [1.54, 1.807) is 6.07 Å². The minimum atomic E-state index is -0.157. The number of nitrogens with one attached hydrogen (secondary N) is 1. The molecular formula is C15H21BrFNO. The van der Waals surface area contributed by atoms with Crippen LogP contribution in [0.15, 0.2) is 22.7 Å². The molecule has 2 rings (SSSR count). The molecule has 1 aromatic rings. The standard InChI is InChI=1S/C15H21BrFNO/c1-3-8-18-15(11-7-9-19-10(11)2)12-5-4-6-13(16)14(12)17/h4-6,10-11,15,18H,3,7-9H2,1-2H3. The van der Waals surface area contributed by atoms with Crippen molar-refractivity contribution in [2.75, 3.05) is 13.2 Å². The van der Waals surface area contributed by atoms with E-state index in [0.29, 0.717) is 10.4 Å². The number of halogens is 2. The Balaban J connectivity index is 2.28. The zero-order valence-electron chi connectivity index (χ0n) is 11.5. The molecule has 0 radical (unpaired) electrons. The van der Waals surface area contributed by atoms with Gasteiger partial charge < -0.3 is 10.1 Å². The first kappa shape index (κ1) is 14.9. The van der Waals surface area contributed by atoms with Crippen LogP contribution in [-0.4, -0.2) is 19.3 Å². The molecule has 1 aromatic carbocycles. The maximum atomic E-state index is 14.3. The molecule has 0 aromatic heterocycles. The molecule has 4 heteroatoms. The van der Waals surface area contributed by atoms with Crippen LogP contribution < -0.4 is 5.32 Å². The molecular weight excluding hydrogens is 309 g/mol. The zero-order chi connectivity index (χ0) is 13.8. The van der Waals surface area contributed by atoms with Crippen molar-refractivity contribution in [1.29, 1.82) is 0 Å². The summed E-state index contributed by atoms with van der Waals surface area (Å²) in [6.45, 7) is 5.86. The first-order valence-corrected chi connectivity index (χ1v) is 7.73. The third-order valence-electron chi connectivity index (χ3n) is 3.79. The molecule has 1 heterocycles. The van der Waals surface area contributed by atoms with Crippen molar-refractivity contribution in [3.63, 3.8) is 0 Å². The van der Waals surface area contributed by atoms with Crippen molar-refractivity contribution in [1.82, 2.24) is 5.32 Å². The lowest BCUT2D eigenvalue weighted by atomic mass is 9.88. The highest BCUT2D eigenvalue weighted by Crippen LogP contribution is 2.35. The summed E-state index contributed by atoms with van der Waals surface area (Å²) in [7, 11) is 0. The fourth-order valence-electron chi connectivity index (χ4n) is 2.74. The molecule has 0 amide bonds. The molecule has 3 unspecified atom stereocenters. The van der Waals surface area contributed by atoms with Crippen LogP contribution in [-0.2, 0) is 4.74 Å². The van der Waals surface area contributed by atoms with Crippen molar-refractivity contribution in [2.24, 2.45) is 5.92 Å². The minimum absolute atomic E-state index is 0.0231. The van der Waals surface area contributed by atoms with Gasteiger partial charge in [0, 0.05) is 24.1 Å². The second kappa shape index (κ2) is 6.82. The van der Waals surface area contributed by atoms with Crippen molar-refractivity contribution < 1.29 is 9.13 Å². The third kappa shape index (κ3) is 3.36. The van der Waals surface area contributed by atoms with Crippen molar-refractivity contribution in [3.05, 3.63) is 34.1 Å². The number of hydrogen-bond acceptors (Lipinski definition) is 2. The number of rotatable bonds is 5. The Kier molecular flexibility index (Phi) is 5.37. The molecule has 0 saturated carbocycles. The van der Waals surface area contributed by atoms with Gasteiger partial charge in [-0.3, -0.25) is 0 Å². The monoisotopic (exact) mass is 329 g/mol. The SMILES string of the molecule is CCCNC(c1cccc(Br)c1F)C1CCOC1C. The molecule has 1 saturated heterocycles. The van der Waals surface area contributed by atoms with E-state index in [-0.39, 0.29) is 18.0 Å². The topological polar surface area (TPSA) is 21.3 Å². The Morgan fingerprint density at radius 3 is 2.95 bits per heavy atom. The van der Waals surface area contributed by atoms with Crippen molar-refractivity contribution in [2.45, 2.75) is 38.8 Å². The molecule has 1 fully saturated rings. The van der Waals surface area contributed by atoms with E-state index < -0.39 is 0 Å². The second-order valence-electron chi connectivity index (χ2n) is 5.10. The fourth-order valence-corrected chi connectivity index (χ4v) is 3.12. The molecule has 0 spiro atoms. The van der Waals surface area contributed by atoms with Crippen LogP contribution in [0.2, 0.25) is 0 Å². The maximum absolute atomic E-state index is 14.3. The summed E-state index contributed by atoms with van der Waals surface area (Å²) in [6.07, 6.45) is 2.19. The lowest BCUT2D eigenvalue weighted by Gasteiger charge is -2.28. The molecule has 1 aliphatic rings. The molecule has 2 nitrogen and oxygen atoms in total. The van der Waals surface area contributed by atoms with Crippen LogP contribution in [0.4, 0.5) is 4.39 Å². The molecule has 19 heavy (non-hydrogen) atoms. The van der Waals surface area contributed by atoms with Gasteiger partial charge in [-0.2, -0.15) is 0 Å². The number of benzene rings is 1. The average molecular weight is 330 g/mol. The summed E-state index contributed by atoms with van der Waals surface area (Å²) < 4.78 is 20.5. The van der Waals surface area contributed by atoms with E-state index in [4.69, 9.17) is 4.74 Å². The Hall–Kier alpha value is -0.450. The van der Waals surface area contributed by atoms with Gasteiger partial charge in [0.1, 0.15) is 5.82 Å². The molecule has 0 aliphatic carbocycles. The van der Waals surface area contributed by atoms with E-state index in [2.05, 4.69) is 35.1 Å². The van der Waals surface area contributed by atoms with E-state index in [1.807, 2.05) is 12.1 Å². The summed E-state index contributed by atoms with van der Waals surface area (Å²) in [5.74, 6) is 0.172. The van der Waals surface area contributed by atoms with E-state index in [1.165, 1.54) is 0 Å². The largest absolute Gasteiger partial charge is 0.378 e. The van der Waals surface area contributed by atoms with Crippen LogP contribution in [0.5, 0.6) is 0 Å². The summed E-state index contributed by atoms with van der Waals surface area (Å²) in [4.78, 5) is 0. The summed E-state index contributed by atoms with van der Waals surface area (Å²) in [5.41, 5.74) is 0.741. The molecule has 106 valence electrons. The smallest absolute Gasteiger partial charge is 0.142 e. The first-order valence-electron chi connectivity index (χ1n) is 6.94. The Bertz CT molecular complexity index is 427. The van der Waals surface area contributed by atoms with Gasteiger partial charge in [-0.1, -0.05) is 19.1 Å². The maximum Gasteiger partial charge on any atom is 0.142 e. The molecule has 3 atom stereocenters. The summed E-state index contributed by atoms with van der Waals surface area (Å²) >= 11 is 3.27. The van der Waals surface area contributed by atoms with Crippen LogP contribution in [0.25, 0.3) is 0 Å². The van der Waals surface area contributed by atoms with Gasteiger partial charge in [0.2, 0.25) is 0 Å². The van der Waals surface area contributed by atoms with Crippen LogP contribution in [0.3, 0.4) is 0 Å². The lowest BCUT2D eigenvalue weighted by molar-refractivity contribution is 0.0949. The van der Waals surface area contributed by atoms with Crippen molar-refractivity contribution in [3.8, 4) is 0 Å². The van der Waals surface area contributed by atoms with Gasteiger partial charge in [0.15, 0.2) is 0 Å². The quantitative estimate of drug-likeness (QED) is 0.879. The van der Waals surface area contributed by atoms with Crippen LogP contribution >= 0.6 is 15.9 Å². The molecule has 1 aliphatic heterocycles. The predicted molar refractivity (Wildman–Crippen MR) is 78.7 cm³/mol. The Morgan fingerprint density at radius 1 is 1.53 bits per heavy atom. The normalized spacial score (nSPS) is 24.6. The lowest BCUT2D eigenvalue weighted by Crippen LogP contribution is -2.33. The highest BCUT2D eigenvalue weighted by Gasteiger charge is 2.34. The van der Waals surface area contributed by atoms with Gasteiger partial charge in [0.25, 0.3) is 0 Å². The van der Waals surface area contributed by atoms with Gasteiger partial charge in [-0.15, -0.1) is 0 Å². The first-order chi connectivity index (χ1) is 9.15. The highest BCUT2D eigenvalue weighted by molar-refractivity contribution is 9.10. The van der Waals surface area contributed by atoms with Gasteiger partial charge in [-0.25, -0.2) is 4.39 Å². The van der Waals surface area contributed by atoms with Crippen LogP contribution in [0, 0.1) is 11.7 Å². The Labute approximate surface area is 122 Å². The minimum Gasteiger partial charge on any atom is -0.378 e. The number of ether oxygens (including phenoxy) is 1. The molecule has 0 bridgehead atoms. The van der Waals surface area contributed by atoms with E-state index in [0.717, 1.165) is 31.6 Å². The highest BCUT2D eigenvalue weighted by atomic mass is 79.9. The van der Waals surface area contributed by atoms with Crippen molar-refractivity contribution >= 4 is 15.9 Å². The van der Waals surface area contributed by atoms with Gasteiger partial charge >= 0.3 is 0 Å². The second-order valence-corrected chi connectivity index (χ2v) is 5.96. The summed E-state index contributed by atoms with van der Waals surface area (Å²) in [6, 6.07) is 5.53. The van der Waals surface area contributed by atoms with E-state index in [9.17, 15) is 4.39 Å². The third-order valence-corrected chi connectivity index (χ3v) is 4.41. The zero-order valence-corrected chi connectivity index (χ0v) is 13.0. The Morgan fingerprint density at radius 2 is 2.32 bits per heavy atom. The van der Waals surface area contributed by atoms with Crippen LogP contribution in [0.1, 0.15) is 38.3 Å². The fraction of sp³-hybridized carbons (Fsp3) is 0.600. The number of hydrogen-bond donors (Lipinski definition) is 1. The molecule has 1 N–H and O–H groups in total. The van der Waals surface area contributed by atoms with E-state index >= 15 is 0 Å². The average Bonchev–Trinajstić information content (AvgIpc) is 2.81. The summed E-state index contributed by atoms with van der Waals surface area (Å²) in [5, 5.41) is 3.49. The van der Waals surface area contributed by atoms with Gasteiger partial charge in [-0.05, 0) is 48.3 Å². The van der Waals surface area contributed by atoms with Gasteiger partial charge in [0.05, 0.1) is 10.6 Å².